The van der Waals surface area contributed by atoms with Gasteiger partial charge in [0.15, 0.2) is 0 Å². The third-order valence-electron chi connectivity index (χ3n) is 3.84. The van der Waals surface area contributed by atoms with E-state index in [0.29, 0.717) is 6.04 Å². The number of hydrogen-bond donors (Lipinski definition) is 2. The van der Waals surface area contributed by atoms with Crippen LogP contribution >= 0.6 is 0 Å². The molecule has 82 valence electrons. The van der Waals surface area contributed by atoms with E-state index in [-0.39, 0.29) is 0 Å². The fourth-order valence-corrected chi connectivity index (χ4v) is 3.24. The fourth-order valence-electron chi connectivity index (χ4n) is 3.24. The predicted molar refractivity (Wildman–Crippen MR) is 58.8 cm³/mol. The predicted octanol–water partition coefficient (Wildman–Crippen LogP) is 1.25. The topological polar surface area (TPSA) is 41.3 Å². The number of nitrogens with zero attached hydrogens (tertiary/aromatic N) is 1. The van der Waals surface area contributed by atoms with Gasteiger partial charge in [-0.25, -0.2) is 0 Å². The van der Waals surface area contributed by atoms with Crippen molar-refractivity contribution in [2.75, 3.05) is 6.54 Å². The van der Waals surface area contributed by atoms with Crippen molar-refractivity contribution >= 4 is 0 Å². The van der Waals surface area contributed by atoms with Crippen molar-refractivity contribution in [3.8, 4) is 0 Å². The maximum Gasteiger partial charge on any atom is 0.0240 e. The summed E-state index contributed by atoms with van der Waals surface area (Å²) >= 11 is 0. The van der Waals surface area contributed by atoms with Gasteiger partial charge in [-0.15, -0.1) is 0 Å². The molecule has 2 fully saturated rings. The van der Waals surface area contributed by atoms with Crippen LogP contribution < -0.4 is 11.3 Å². The molecule has 2 heterocycles. The molecule has 0 saturated carbocycles. The smallest absolute Gasteiger partial charge is 0.0240 e. The first kappa shape index (κ1) is 10.4. The van der Waals surface area contributed by atoms with Crippen LogP contribution in [0.5, 0.6) is 0 Å². The Morgan fingerprint density at radius 1 is 1.29 bits per heavy atom. The second kappa shape index (κ2) is 4.60. The van der Waals surface area contributed by atoms with E-state index in [4.69, 9.17) is 5.84 Å². The molecule has 3 heteroatoms. The molecule has 0 aliphatic carbocycles. The van der Waals surface area contributed by atoms with E-state index in [9.17, 15) is 0 Å². The third-order valence-corrected chi connectivity index (χ3v) is 3.84. The summed E-state index contributed by atoms with van der Waals surface area (Å²) in [6.07, 6.45) is 7.99. The lowest BCUT2D eigenvalue weighted by Crippen LogP contribution is -2.57. The minimum Gasteiger partial charge on any atom is -0.297 e. The number of fused-ring (bicyclic) bond motifs is 2. The van der Waals surface area contributed by atoms with Crippen molar-refractivity contribution in [1.82, 2.24) is 10.3 Å². The van der Waals surface area contributed by atoms with E-state index in [1.807, 2.05) is 0 Å². The highest BCUT2D eigenvalue weighted by Gasteiger charge is 2.36. The average molecular weight is 197 g/mol. The van der Waals surface area contributed by atoms with E-state index in [1.54, 1.807) is 0 Å². The zero-order chi connectivity index (χ0) is 9.97. The van der Waals surface area contributed by atoms with Gasteiger partial charge in [-0.3, -0.25) is 16.2 Å². The highest BCUT2D eigenvalue weighted by molar-refractivity contribution is 4.94. The van der Waals surface area contributed by atoms with E-state index >= 15 is 0 Å². The van der Waals surface area contributed by atoms with Crippen LogP contribution in [-0.4, -0.2) is 29.6 Å². The first-order valence-corrected chi connectivity index (χ1v) is 6.07. The molecule has 0 amide bonds. The van der Waals surface area contributed by atoms with Gasteiger partial charge in [-0.05, 0) is 38.6 Å². The Hall–Kier alpha value is -0.120. The van der Waals surface area contributed by atoms with Gasteiger partial charge >= 0.3 is 0 Å². The number of nitrogens with one attached hydrogen (secondary N) is 1. The molecular formula is C11H23N3. The number of hydrogen-bond acceptors (Lipinski definition) is 3. The Kier molecular flexibility index (Phi) is 3.42. The molecule has 0 radical (unpaired) electrons. The largest absolute Gasteiger partial charge is 0.297 e. The van der Waals surface area contributed by atoms with Crippen LogP contribution in [0.15, 0.2) is 0 Å². The Bertz CT molecular complexity index is 169. The highest BCUT2D eigenvalue weighted by Crippen LogP contribution is 2.33. The second-order valence-electron chi connectivity index (χ2n) is 4.81. The molecule has 14 heavy (non-hydrogen) atoms. The van der Waals surface area contributed by atoms with Gasteiger partial charge in [0.25, 0.3) is 0 Å². The van der Waals surface area contributed by atoms with Crippen LogP contribution in [0.2, 0.25) is 0 Å². The minimum absolute atomic E-state index is 0.568. The van der Waals surface area contributed by atoms with Gasteiger partial charge in [0, 0.05) is 18.1 Å². The third kappa shape index (κ3) is 1.95. The summed E-state index contributed by atoms with van der Waals surface area (Å²) in [6, 6.07) is 2.19. The SMILES string of the molecule is CCCN1[C@H]2CCC[C@H]1CC(NN)C2. The van der Waals surface area contributed by atoms with Crippen molar-refractivity contribution in [2.24, 2.45) is 5.84 Å². The van der Waals surface area contributed by atoms with Crippen LogP contribution in [0.1, 0.15) is 45.4 Å². The quantitative estimate of drug-likeness (QED) is 0.528. The molecule has 2 atom stereocenters. The van der Waals surface area contributed by atoms with Crippen LogP contribution in [0.4, 0.5) is 0 Å². The molecule has 2 aliphatic rings. The van der Waals surface area contributed by atoms with Crippen LogP contribution in [0, 0.1) is 0 Å². The Morgan fingerprint density at radius 2 is 1.93 bits per heavy atom. The first-order valence-electron chi connectivity index (χ1n) is 6.07. The number of nitrogens with two attached hydrogens (primary N) is 1. The van der Waals surface area contributed by atoms with Crippen molar-refractivity contribution in [3.63, 3.8) is 0 Å². The van der Waals surface area contributed by atoms with Gasteiger partial charge in [0.2, 0.25) is 0 Å². The molecule has 3 N–H and O–H groups in total. The number of rotatable bonds is 3. The van der Waals surface area contributed by atoms with E-state index in [2.05, 4.69) is 17.2 Å². The second-order valence-corrected chi connectivity index (χ2v) is 4.81. The summed E-state index contributed by atoms with van der Waals surface area (Å²) in [7, 11) is 0. The Morgan fingerprint density at radius 3 is 2.43 bits per heavy atom. The van der Waals surface area contributed by atoms with Crippen molar-refractivity contribution in [3.05, 3.63) is 0 Å². The average Bonchev–Trinajstić information content (AvgIpc) is 2.17. The highest BCUT2D eigenvalue weighted by atomic mass is 15.3. The van der Waals surface area contributed by atoms with E-state index < -0.39 is 0 Å². The standard InChI is InChI=1S/C11H23N3/c1-2-6-14-10-4-3-5-11(14)8-9(7-10)13-12/h9-11,13H,2-8,12H2,1H3/t10-,11-/m0/s1. The van der Waals surface area contributed by atoms with Gasteiger partial charge in [-0.2, -0.15) is 0 Å². The normalized spacial score (nSPS) is 38.6. The van der Waals surface area contributed by atoms with Gasteiger partial charge in [0.1, 0.15) is 0 Å². The molecule has 0 aromatic carbocycles. The van der Waals surface area contributed by atoms with Crippen molar-refractivity contribution in [2.45, 2.75) is 63.6 Å². The first-order chi connectivity index (χ1) is 6.85. The summed E-state index contributed by atoms with van der Waals surface area (Å²) in [5.41, 5.74) is 2.97. The fraction of sp³-hybridized carbons (Fsp3) is 1.00. The molecule has 0 spiro atoms. The maximum absolute atomic E-state index is 5.56. The molecule has 0 aromatic rings. The maximum atomic E-state index is 5.56. The summed E-state index contributed by atoms with van der Waals surface area (Å²) < 4.78 is 0. The summed E-state index contributed by atoms with van der Waals surface area (Å²) in [5.74, 6) is 5.56. The van der Waals surface area contributed by atoms with E-state index in [1.165, 1.54) is 45.1 Å². The Balaban J connectivity index is 1.99. The molecule has 2 aliphatic heterocycles. The summed E-state index contributed by atoms with van der Waals surface area (Å²) in [4.78, 5) is 2.73. The molecule has 2 bridgehead atoms. The van der Waals surface area contributed by atoms with Crippen LogP contribution in [0.25, 0.3) is 0 Å². The molecule has 0 unspecified atom stereocenters. The van der Waals surface area contributed by atoms with Gasteiger partial charge in [-0.1, -0.05) is 13.3 Å². The Labute approximate surface area is 87.0 Å². The van der Waals surface area contributed by atoms with Crippen molar-refractivity contribution < 1.29 is 0 Å². The van der Waals surface area contributed by atoms with E-state index in [0.717, 1.165) is 12.1 Å². The molecular weight excluding hydrogens is 174 g/mol. The minimum atomic E-state index is 0.568. The van der Waals surface area contributed by atoms with Crippen molar-refractivity contribution in [1.29, 1.82) is 0 Å². The molecule has 0 aromatic heterocycles. The zero-order valence-electron chi connectivity index (χ0n) is 9.21. The number of piperidine rings is 2. The number of hydrazine groups is 1. The summed E-state index contributed by atoms with van der Waals surface area (Å²) in [6.45, 7) is 3.57. The van der Waals surface area contributed by atoms with Crippen LogP contribution in [-0.2, 0) is 0 Å². The molecule has 2 saturated heterocycles. The molecule has 2 rings (SSSR count). The lowest BCUT2D eigenvalue weighted by molar-refractivity contribution is 0.0248. The summed E-state index contributed by atoms with van der Waals surface area (Å²) in [5, 5.41) is 0. The van der Waals surface area contributed by atoms with Gasteiger partial charge < -0.3 is 0 Å². The lowest BCUT2D eigenvalue weighted by atomic mass is 9.82. The monoisotopic (exact) mass is 197 g/mol. The lowest BCUT2D eigenvalue weighted by Gasteiger charge is -2.48. The zero-order valence-corrected chi connectivity index (χ0v) is 9.21. The molecule has 3 nitrogen and oxygen atoms in total. The van der Waals surface area contributed by atoms with Crippen LogP contribution in [0.3, 0.4) is 0 Å². The van der Waals surface area contributed by atoms with Gasteiger partial charge in [0.05, 0.1) is 0 Å².